The second kappa shape index (κ2) is 5.17. The molecule has 0 saturated heterocycles. The first kappa shape index (κ1) is 12.6. The van der Waals surface area contributed by atoms with E-state index in [0.717, 1.165) is 29.1 Å². The summed E-state index contributed by atoms with van der Waals surface area (Å²) in [6.45, 7) is 6.23. The highest BCUT2D eigenvalue weighted by Gasteiger charge is 2.13. The summed E-state index contributed by atoms with van der Waals surface area (Å²) < 4.78 is 0. The molecule has 2 N–H and O–H groups in total. The first-order chi connectivity index (χ1) is 8.63. The summed E-state index contributed by atoms with van der Waals surface area (Å²) in [5, 5.41) is 0. The molecule has 0 fully saturated rings. The van der Waals surface area contributed by atoms with E-state index in [4.69, 9.17) is 5.73 Å². The van der Waals surface area contributed by atoms with Crippen LogP contribution in [-0.4, -0.2) is 9.97 Å². The van der Waals surface area contributed by atoms with E-state index >= 15 is 0 Å². The maximum absolute atomic E-state index is 6.00. The van der Waals surface area contributed by atoms with E-state index in [1.807, 2.05) is 25.1 Å². The molecule has 0 bridgehead atoms. The maximum Gasteiger partial charge on any atom is 0.134 e. The highest BCUT2D eigenvalue weighted by Crippen LogP contribution is 2.26. The molecule has 1 aromatic carbocycles. The molecule has 1 aromatic heterocycles. The van der Waals surface area contributed by atoms with Crippen molar-refractivity contribution in [3.05, 3.63) is 41.7 Å². The summed E-state index contributed by atoms with van der Waals surface area (Å²) in [4.78, 5) is 9.08. The molecule has 0 aliphatic carbocycles. The Bertz CT molecular complexity index is 535. The first-order valence-electron chi connectivity index (χ1n) is 6.33. The van der Waals surface area contributed by atoms with Gasteiger partial charge in [0.25, 0.3) is 0 Å². The number of benzene rings is 1. The van der Waals surface area contributed by atoms with Crippen LogP contribution in [0.2, 0.25) is 0 Å². The standard InChI is InChI=1S/C15H19N3/c1-4-10(2)15-17-13(11(3)14(16)18-15)12-8-6-5-7-9-12/h5-10H,4H2,1-3H3,(H2,16,17,18). The van der Waals surface area contributed by atoms with Crippen LogP contribution in [-0.2, 0) is 0 Å². The number of rotatable bonds is 3. The number of hydrogen-bond donors (Lipinski definition) is 1. The third kappa shape index (κ3) is 2.35. The quantitative estimate of drug-likeness (QED) is 0.894. The van der Waals surface area contributed by atoms with E-state index in [2.05, 4.69) is 35.9 Å². The number of nitrogen functional groups attached to an aromatic ring is 1. The van der Waals surface area contributed by atoms with Crippen LogP contribution < -0.4 is 5.73 Å². The van der Waals surface area contributed by atoms with Crippen LogP contribution in [0, 0.1) is 6.92 Å². The smallest absolute Gasteiger partial charge is 0.134 e. The number of nitrogens with zero attached hydrogens (tertiary/aromatic N) is 2. The molecule has 0 aliphatic heterocycles. The number of hydrogen-bond acceptors (Lipinski definition) is 3. The molecule has 94 valence electrons. The van der Waals surface area contributed by atoms with Gasteiger partial charge in [-0.3, -0.25) is 0 Å². The Hall–Kier alpha value is -1.90. The van der Waals surface area contributed by atoms with Gasteiger partial charge in [0.15, 0.2) is 0 Å². The highest BCUT2D eigenvalue weighted by atomic mass is 15.0. The monoisotopic (exact) mass is 241 g/mol. The molecule has 1 atom stereocenters. The summed E-state index contributed by atoms with van der Waals surface area (Å²) in [6, 6.07) is 10.1. The fraction of sp³-hybridized carbons (Fsp3) is 0.333. The van der Waals surface area contributed by atoms with Crippen molar-refractivity contribution >= 4 is 5.82 Å². The Morgan fingerprint density at radius 2 is 1.83 bits per heavy atom. The Balaban J connectivity index is 2.56. The molecule has 18 heavy (non-hydrogen) atoms. The predicted molar refractivity (Wildman–Crippen MR) is 75.3 cm³/mol. The van der Waals surface area contributed by atoms with Gasteiger partial charge >= 0.3 is 0 Å². The zero-order chi connectivity index (χ0) is 13.1. The Morgan fingerprint density at radius 1 is 1.17 bits per heavy atom. The van der Waals surface area contributed by atoms with Crippen LogP contribution in [0.4, 0.5) is 5.82 Å². The van der Waals surface area contributed by atoms with Crippen LogP contribution in [0.5, 0.6) is 0 Å². The summed E-state index contributed by atoms with van der Waals surface area (Å²) in [6.07, 6.45) is 1.01. The van der Waals surface area contributed by atoms with E-state index in [-0.39, 0.29) is 0 Å². The topological polar surface area (TPSA) is 51.8 Å². The molecule has 3 heteroatoms. The summed E-state index contributed by atoms with van der Waals surface area (Å²) >= 11 is 0. The van der Waals surface area contributed by atoms with Gasteiger partial charge in [-0.25, -0.2) is 9.97 Å². The SMILES string of the molecule is CCC(C)c1nc(N)c(C)c(-c2ccccc2)n1. The van der Waals surface area contributed by atoms with Crippen molar-refractivity contribution < 1.29 is 0 Å². The van der Waals surface area contributed by atoms with Gasteiger partial charge in [0.1, 0.15) is 11.6 Å². The minimum atomic E-state index is 0.329. The summed E-state index contributed by atoms with van der Waals surface area (Å²) in [7, 11) is 0. The van der Waals surface area contributed by atoms with Gasteiger partial charge in [-0.15, -0.1) is 0 Å². The third-order valence-corrected chi connectivity index (χ3v) is 3.30. The summed E-state index contributed by atoms with van der Waals surface area (Å²) in [5.74, 6) is 1.74. The molecule has 0 spiro atoms. The van der Waals surface area contributed by atoms with E-state index in [1.54, 1.807) is 0 Å². The average Bonchev–Trinajstić information content (AvgIpc) is 2.41. The van der Waals surface area contributed by atoms with Crippen molar-refractivity contribution in [3.8, 4) is 11.3 Å². The molecule has 1 unspecified atom stereocenters. The van der Waals surface area contributed by atoms with Crippen LogP contribution in [0.15, 0.2) is 30.3 Å². The lowest BCUT2D eigenvalue weighted by Crippen LogP contribution is -2.07. The lowest BCUT2D eigenvalue weighted by atomic mass is 10.0. The normalized spacial score (nSPS) is 12.4. The van der Waals surface area contributed by atoms with Crippen LogP contribution in [0.1, 0.15) is 37.6 Å². The van der Waals surface area contributed by atoms with Gasteiger partial charge in [0, 0.05) is 17.0 Å². The van der Waals surface area contributed by atoms with E-state index in [9.17, 15) is 0 Å². The molecule has 0 aliphatic rings. The van der Waals surface area contributed by atoms with Gasteiger partial charge < -0.3 is 5.73 Å². The number of nitrogens with two attached hydrogens (primary N) is 1. The Morgan fingerprint density at radius 3 is 2.44 bits per heavy atom. The van der Waals surface area contributed by atoms with Gasteiger partial charge in [0.05, 0.1) is 5.69 Å². The lowest BCUT2D eigenvalue weighted by molar-refractivity contribution is 0.680. The van der Waals surface area contributed by atoms with Crippen LogP contribution >= 0.6 is 0 Å². The molecule has 2 aromatic rings. The van der Waals surface area contributed by atoms with Gasteiger partial charge in [-0.05, 0) is 13.3 Å². The van der Waals surface area contributed by atoms with Crippen LogP contribution in [0.3, 0.4) is 0 Å². The fourth-order valence-corrected chi connectivity index (χ4v) is 1.83. The van der Waals surface area contributed by atoms with Crippen LogP contribution in [0.25, 0.3) is 11.3 Å². The molecular formula is C15H19N3. The summed E-state index contributed by atoms with van der Waals surface area (Å²) in [5.41, 5.74) is 8.99. The van der Waals surface area contributed by atoms with Crippen molar-refractivity contribution in [2.75, 3.05) is 5.73 Å². The van der Waals surface area contributed by atoms with Gasteiger partial charge in [-0.1, -0.05) is 44.2 Å². The van der Waals surface area contributed by atoms with E-state index in [1.165, 1.54) is 0 Å². The largest absolute Gasteiger partial charge is 0.383 e. The number of aromatic nitrogens is 2. The average molecular weight is 241 g/mol. The predicted octanol–water partition coefficient (Wildman–Crippen LogP) is 3.55. The lowest BCUT2D eigenvalue weighted by Gasteiger charge is -2.13. The van der Waals surface area contributed by atoms with Crippen molar-refractivity contribution in [1.82, 2.24) is 9.97 Å². The highest BCUT2D eigenvalue weighted by molar-refractivity contribution is 5.67. The van der Waals surface area contributed by atoms with Gasteiger partial charge in [0.2, 0.25) is 0 Å². The zero-order valence-corrected chi connectivity index (χ0v) is 11.1. The molecule has 0 radical (unpaired) electrons. The molecule has 1 heterocycles. The van der Waals surface area contributed by atoms with Crippen molar-refractivity contribution in [3.63, 3.8) is 0 Å². The van der Waals surface area contributed by atoms with Crippen molar-refractivity contribution in [2.24, 2.45) is 0 Å². The first-order valence-corrected chi connectivity index (χ1v) is 6.33. The second-order valence-electron chi connectivity index (χ2n) is 4.62. The van der Waals surface area contributed by atoms with Gasteiger partial charge in [-0.2, -0.15) is 0 Å². The van der Waals surface area contributed by atoms with Crippen molar-refractivity contribution in [2.45, 2.75) is 33.1 Å². The minimum Gasteiger partial charge on any atom is -0.383 e. The molecule has 3 nitrogen and oxygen atoms in total. The van der Waals surface area contributed by atoms with Crippen molar-refractivity contribution in [1.29, 1.82) is 0 Å². The third-order valence-electron chi connectivity index (χ3n) is 3.30. The molecule has 2 rings (SSSR count). The number of anilines is 1. The van der Waals surface area contributed by atoms with E-state index in [0.29, 0.717) is 11.7 Å². The molecule has 0 amide bonds. The Kier molecular flexibility index (Phi) is 3.60. The molecular weight excluding hydrogens is 222 g/mol. The second-order valence-corrected chi connectivity index (χ2v) is 4.62. The van der Waals surface area contributed by atoms with E-state index < -0.39 is 0 Å². The molecule has 0 saturated carbocycles. The zero-order valence-electron chi connectivity index (χ0n) is 11.1. The maximum atomic E-state index is 6.00. The minimum absolute atomic E-state index is 0.329. The Labute approximate surface area is 108 Å². The fourth-order valence-electron chi connectivity index (χ4n) is 1.83.